The lowest BCUT2D eigenvalue weighted by molar-refractivity contribution is 0.636. The zero-order valence-corrected chi connectivity index (χ0v) is 9.81. The molecule has 0 aliphatic heterocycles. The van der Waals surface area contributed by atoms with E-state index in [0.29, 0.717) is 21.6 Å². The molecule has 1 heterocycles. The molecule has 0 radical (unpaired) electrons. The summed E-state index contributed by atoms with van der Waals surface area (Å²) in [6, 6.07) is 2.86. The molecule has 0 saturated heterocycles. The van der Waals surface area contributed by atoms with Gasteiger partial charge >= 0.3 is 0 Å². The van der Waals surface area contributed by atoms with E-state index < -0.39 is 0 Å². The summed E-state index contributed by atoms with van der Waals surface area (Å²) < 4.78 is 13.8. The lowest BCUT2D eigenvalue weighted by Gasteiger charge is -2.13. The molecule has 17 heavy (non-hydrogen) atoms. The minimum absolute atomic E-state index is 0.297. The molecule has 0 saturated carbocycles. The maximum Gasteiger partial charge on any atom is 0.149 e. The first-order chi connectivity index (χ1) is 8.22. The number of hydrogen-bond acceptors (Lipinski definition) is 3. The third-order valence-corrected chi connectivity index (χ3v) is 3.52. The Morgan fingerprint density at radius 1 is 1.35 bits per heavy atom. The molecule has 3 rings (SSSR count). The van der Waals surface area contributed by atoms with E-state index in [1.54, 1.807) is 0 Å². The second-order valence-corrected chi connectivity index (χ2v) is 4.57. The Bertz CT molecular complexity index is 612. The number of hydrogen-bond donors (Lipinski definition) is 2. The Kier molecular flexibility index (Phi) is 2.42. The number of nitrogen functional groups attached to an aromatic ring is 1. The molecule has 0 fully saturated rings. The molecule has 1 aliphatic carbocycles. The number of hydrazine groups is 1. The lowest BCUT2D eigenvalue weighted by Crippen LogP contribution is -2.11. The van der Waals surface area contributed by atoms with Crippen molar-refractivity contribution < 1.29 is 4.39 Å². The van der Waals surface area contributed by atoms with E-state index >= 15 is 0 Å². The minimum Gasteiger partial charge on any atom is -0.323 e. The van der Waals surface area contributed by atoms with E-state index in [9.17, 15) is 4.39 Å². The number of nitrogens with two attached hydrogens (primary N) is 1. The van der Waals surface area contributed by atoms with Crippen LogP contribution in [0.1, 0.15) is 17.7 Å². The molecule has 5 heteroatoms. The number of nitrogens with one attached hydrogen (secondary N) is 1. The molecular formula is C12H11ClFN3. The number of halogens is 2. The van der Waals surface area contributed by atoms with Gasteiger partial charge in [-0.2, -0.15) is 0 Å². The SMILES string of the molecule is NNc1c2c(nc3c(F)ccc(Cl)c13)CCC2. The average molecular weight is 252 g/mol. The predicted octanol–water partition coefficient (Wildman–Crippen LogP) is 2.80. The average Bonchev–Trinajstić information content (AvgIpc) is 2.79. The summed E-state index contributed by atoms with van der Waals surface area (Å²) in [4.78, 5) is 4.37. The van der Waals surface area contributed by atoms with Crippen molar-refractivity contribution in [3.05, 3.63) is 34.2 Å². The Labute approximate surface area is 103 Å². The van der Waals surface area contributed by atoms with Crippen LogP contribution in [0.25, 0.3) is 10.9 Å². The van der Waals surface area contributed by atoms with Crippen molar-refractivity contribution in [1.29, 1.82) is 0 Å². The normalized spacial score (nSPS) is 14.1. The zero-order chi connectivity index (χ0) is 12.0. The Morgan fingerprint density at radius 3 is 2.94 bits per heavy atom. The zero-order valence-electron chi connectivity index (χ0n) is 9.06. The molecule has 0 atom stereocenters. The summed E-state index contributed by atoms with van der Waals surface area (Å²) in [6.45, 7) is 0. The predicted molar refractivity (Wildman–Crippen MR) is 66.5 cm³/mol. The number of anilines is 1. The van der Waals surface area contributed by atoms with E-state index in [-0.39, 0.29) is 5.82 Å². The van der Waals surface area contributed by atoms with Gasteiger partial charge in [0.15, 0.2) is 0 Å². The highest BCUT2D eigenvalue weighted by Crippen LogP contribution is 2.37. The molecule has 2 aromatic rings. The smallest absolute Gasteiger partial charge is 0.149 e. The van der Waals surface area contributed by atoms with Gasteiger partial charge in [-0.05, 0) is 37.0 Å². The van der Waals surface area contributed by atoms with Crippen molar-refractivity contribution in [2.45, 2.75) is 19.3 Å². The van der Waals surface area contributed by atoms with Crippen LogP contribution in [-0.4, -0.2) is 4.98 Å². The molecule has 0 bridgehead atoms. The molecule has 3 N–H and O–H groups in total. The largest absolute Gasteiger partial charge is 0.323 e. The minimum atomic E-state index is -0.365. The lowest BCUT2D eigenvalue weighted by atomic mass is 10.1. The van der Waals surface area contributed by atoms with Crippen molar-refractivity contribution in [1.82, 2.24) is 4.98 Å². The van der Waals surface area contributed by atoms with Crippen LogP contribution in [0.2, 0.25) is 5.02 Å². The molecule has 3 nitrogen and oxygen atoms in total. The number of benzene rings is 1. The first-order valence-electron chi connectivity index (χ1n) is 5.48. The fraction of sp³-hybridized carbons (Fsp3) is 0.250. The van der Waals surface area contributed by atoms with E-state index in [1.807, 2.05) is 0 Å². The van der Waals surface area contributed by atoms with Crippen molar-refractivity contribution in [3.8, 4) is 0 Å². The number of pyridine rings is 1. The van der Waals surface area contributed by atoms with Crippen molar-refractivity contribution in [2.24, 2.45) is 5.84 Å². The monoisotopic (exact) mass is 251 g/mol. The summed E-state index contributed by atoms with van der Waals surface area (Å²) in [7, 11) is 0. The molecule has 88 valence electrons. The summed E-state index contributed by atoms with van der Waals surface area (Å²) in [5, 5.41) is 1.05. The fourth-order valence-electron chi connectivity index (χ4n) is 2.45. The van der Waals surface area contributed by atoms with Crippen molar-refractivity contribution in [2.75, 3.05) is 5.43 Å². The third kappa shape index (κ3) is 1.48. The van der Waals surface area contributed by atoms with Crippen LogP contribution < -0.4 is 11.3 Å². The van der Waals surface area contributed by atoms with Crippen LogP contribution in [0, 0.1) is 5.82 Å². The standard InChI is InChI=1S/C12H11ClFN3/c13-7-4-5-8(14)12-10(7)11(17-15)6-2-1-3-9(6)16-12/h4-5H,1-3,15H2,(H,16,17). The van der Waals surface area contributed by atoms with Crippen LogP contribution in [0.15, 0.2) is 12.1 Å². The van der Waals surface area contributed by atoms with Gasteiger partial charge in [0.05, 0.1) is 10.7 Å². The second kappa shape index (κ2) is 3.82. The fourth-order valence-corrected chi connectivity index (χ4v) is 2.70. The molecule has 0 amide bonds. The van der Waals surface area contributed by atoms with Crippen LogP contribution in [-0.2, 0) is 12.8 Å². The summed E-state index contributed by atoms with van der Waals surface area (Å²) in [5.74, 6) is 5.18. The molecule has 1 aromatic heterocycles. The first-order valence-corrected chi connectivity index (χ1v) is 5.86. The molecule has 0 unspecified atom stereocenters. The number of rotatable bonds is 1. The number of aromatic nitrogens is 1. The van der Waals surface area contributed by atoms with Crippen molar-refractivity contribution in [3.63, 3.8) is 0 Å². The van der Waals surface area contributed by atoms with Crippen molar-refractivity contribution >= 4 is 28.2 Å². The van der Waals surface area contributed by atoms with E-state index in [4.69, 9.17) is 17.4 Å². The molecular weight excluding hydrogens is 241 g/mol. The summed E-state index contributed by atoms with van der Waals surface area (Å²) in [5.41, 5.74) is 5.64. The summed E-state index contributed by atoms with van der Waals surface area (Å²) >= 11 is 6.11. The van der Waals surface area contributed by atoms with Crippen LogP contribution in [0.3, 0.4) is 0 Å². The van der Waals surface area contributed by atoms with Gasteiger partial charge in [-0.15, -0.1) is 0 Å². The molecule has 1 aromatic carbocycles. The van der Waals surface area contributed by atoms with E-state index in [0.717, 1.165) is 30.5 Å². The number of aryl methyl sites for hydroxylation is 1. The Morgan fingerprint density at radius 2 is 2.18 bits per heavy atom. The first kappa shape index (κ1) is 10.7. The van der Waals surface area contributed by atoms with Crippen LogP contribution in [0.4, 0.5) is 10.1 Å². The van der Waals surface area contributed by atoms with Gasteiger partial charge in [-0.3, -0.25) is 5.84 Å². The topological polar surface area (TPSA) is 50.9 Å². The van der Waals surface area contributed by atoms with Gasteiger partial charge < -0.3 is 5.43 Å². The highest BCUT2D eigenvalue weighted by molar-refractivity contribution is 6.36. The van der Waals surface area contributed by atoms with E-state index in [1.165, 1.54) is 12.1 Å². The highest BCUT2D eigenvalue weighted by atomic mass is 35.5. The highest BCUT2D eigenvalue weighted by Gasteiger charge is 2.21. The van der Waals surface area contributed by atoms with Gasteiger partial charge in [-0.1, -0.05) is 11.6 Å². The van der Waals surface area contributed by atoms with Gasteiger partial charge in [0.25, 0.3) is 0 Å². The Balaban J connectivity index is 2.49. The second-order valence-electron chi connectivity index (χ2n) is 4.16. The maximum atomic E-state index is 13.8. The maximum absolute atomic E-state index is 13.8. The molecule has 0 spiro atoms. The molecule has 1 aliphatic rings. The van der Waals surface area contributed by atoms with E-state index in [2.05, 4.69) is 10.4 Å². The van der Waals surface area contributed by atoms with Gasteiger partial charge in [0, 0.05) is 11.1 Å². The van der Waals surface area contributed by atoms with Crippen LogP contribution in [0.5, 0.6) is 0 Å². The number of nitrogens with zero attached hydrogens (tertiary/aromatic N) is 1. The van der Waals surface area contributed by atoms with Crippen LogP contribution >= 0.6 is 11.6 Å². The van der Waals surface area contributed by atoms with Gasteiger partial charge in [0.1, 0.15) is 11.3 Å². The van der Waals surface area contributed by atoms with Gasteiger partial charge in [0.2, 0.25) is 0 Å². The van der Waals surface area contributed by atoms with Gasteiger partial charge in [-0.25, -0.2) is 9.37 Å². The summed E-state index contributed by atoms with van der Waals surface area (Å²) in [6.07, 6.45) is 2.79. The number of fused-ring (bicyclic) bond motifs is 2. The quantitative estimate of drug-likeness (QED) is 0.605. The Hall–Kier alpha value is -1.39. The third-order valence-electron chi connectivity index (χ3n) is 3.21.